The monoisotopic (exact) mass is 493 g/mol. The van der Waals surface area contributed by atoms with Crippen molar-refractivity contribution in [3.05, 3.63) is 71.0 Å². The Hall–Kier alpha value is -2.91. The van der Waals surface area contributed by atoms with E-state index >= 15 is 0 Å². The highest BCUT2D eigenvalue weighted by Gasteiger charge is 2.25. The summed E-state index contributed by atoms with van der Waals surface area (Å²) in [4.78, 5) is 25.2. The lowest BCUT2D eigenvalue weighted by molar-refractivity contribution is -0.130. The molecule has 3 atom stereocenters. The summed E-state index contributed by atoms with van der Waals surface area (Å²) in [5, 5.41) is 5.61. The summed E-state index contributed by atoms with van der Waals surface area (Å²) in [6.07, 6.45) is 1.90. The van der Waals surface area contributed by atoms with Crippen LogP contribution >= 0.6 is 0 Å². The molecule has 2 rings (SSSR count). The van der Waals surface area contributed by atoms with Crippen molar-refractivity contribution in [3.8, 4) is 0 Å². The molecule has 0 aliphatic rings. The van der Waals surface area contributed by atoms with E-state index in [2.05, 4.69) is 10.6 Å². The van der Waals surface area contributed by atoms with Crippen molar-refractivity contribution in [2.24, 2.45) is 11.7 Å². The van der Waals surface area contributed by atoms with Gasteiger partial charge in [0.15, 0.2) is 0 Å². The lowest BCUT2D eigenvalue weighted by Crippen LogP contribution is -2.50. The Morgan fingerprint density at radius 1 is 1.00 bits per heavy atom. The Morgan fingerprint density at radius 3 is 2.29 bits per heavy atom. The van der Waals surface area contributed by atoms with Crippen molar-refractivity contribution >= 4 is 11.8 Å². The van der Waals surface area contributed by atoms with E-state index in [1.807, 2.05) is 13.8 Å². The van der Waals surface area contributed by atoms with Gasteiger partial charge in [0.2, 0.25) is 11.8 Å². The number of hydrogen-bond donors (Lipinski definition) is 3. The quantitative estimate of drug-likeness (QED) is 0.371. The van der Waals surface area contributed by atoms with Crippen LogP contribution in [0.25, 0.3) is 0 Å². The minimum Gasteiger partial charge on any atom is -0.375 e. The molecule has 2 amide bonds. The van der Waals surface area contributed by atoms with Gasteiger partial charge in [-0.3, -0.25) is 9.59 Å². The largest absolute Gasteiger partial charge is 0.375 e. The van der Waals surface area contributed by atoms with Crippen LogP contribution in [-0.4, -0.2) is 30.5 Å². The molecule has 6 nitrogen and oxygen atoms in total. The molecule has 0 aliphatic carbocycles. The topological polar surface area (TPSA) is 93.5 Å². The molecular weight excluding hydrogens is 459 g/mol. The van der Waals surface area contributed by atoms with Crippen LogP contribution in [0.3, 0.4) is 0 Å². The van der Waals surface area contributed by atoms with E-state index < -0.39 is 17.7 Å². The fourth-order valence-electron chi connectivity index (χ4n) is 3.48. The zero-order chi connectivity index (χ0) is 25.8. The third-order valence-corrected chi connectivity index (χ3v) is 5.69. The molecule has 0 aliphatic heterocycles. The number of carbonyl (C=O) groups is 2. The van der Waals surface area contributed by atoms with Gasteiger partial charge in [0, 0.05) is 25.1 Å². The molecule has 0 aromatic heterocycles. The SMILES string of the molecule is CCC(C)C(NC(=O)CCCC(N)COCc1cc(F)cc(F)c1)C(=O)NCc1ccc(F)cc1. The first-order valence-electron chi connectivity index (χ1n) is 11.8. The van der Waals surface area contributed by atoms with Gasteiger partial charge in [-0.1, -0.05) is 32.4 Å². The summed E-state index contributed by atoms with van der Waals surface area (Å²) in [6.45, 7) is 4.28. The first kappa shape index (κ1) is 28.3. The maximum absolute atomic E-state index is 13.2. The maximum Gasteiger partial charge on any atom is 0.243 e. The van der Waals surface area contributed by atoms with E-state index in [0.717, 1.165) is 11.6 Å². The molecule has 4 N–H and O–H groups in total. The zero-order valence-electron chi connectivity index (χ0n) is 20.2. The highest BCUT2D eigenvalue weighted by atomic mass is 19.1. The average Bonchev–Trinajstić information content (AvgIpc) is 2.81. The number of halogens is 3. The first-order chi connectivity index (χ1) is 16.7. The standard InChI is InChI=1S/C26H34F3N3O3/c1-3-17(2)25(26(34)31-14-18-7-9-20(27)10-8-18)32-24(33)6-4-5-23(30)16-35-15-19-11-21(28)13-22(29)12-19/h7-13,17,23,25H,3-6,14-16,30H2,1-2H3,(H,31,34)(H,32,33). The molecule has 2 aromatic rings. The molecule has 0 fully saturated rings. The van der Waals surface area contributed by atoms with E-state index in [1.54, 1.807) is 12.1 Å². The van der Waals surface area contributed by atoms with Gasteiger partial charge < -0.3 is 21.1 Å². The van der Waals surface area contributed by atoms with Crippen molar-refractivity contribution < 1.29 is 27.5 Å². The van der Waals surface area contributed by atoms with Crippen LogP contribution in [0.1, 0.15) is 50.7 Å². The summed E-state index contributed by atoms with van der Waals surface area (Å²) in [7, 11) is 0. The number of nitrogens with one attached hydrogen (secondary N) is 2. The van der Waals surface area contributed by atoms with Gasteiger partial charge in [-0.2, -0.15) is 0 Å². The van der Waals surface area contributed by atoms with Crippen LogP contribution in [0.4, 0.5) is 13.2 Å². The third-order valence-electron chi connectivity index (χ3n) is 5.69. The molecule has 9 heteroatoms. The van der Waals surface area contributed by atoms with Crippen LogP contribution < -0.4 is 16.4 Å². The number of benzene rings is 2. The molecule has 35 heavy (non-hydrogen) atoms. The van der Waals surface area contributed by atoms with Gasteiger partial charge in [-0.25, -0.2) is 13.2 Å². The van der Waals surface area contributed by atoms with Gasteiger partial charge in [0.1, 0.15) is 23.5 Å². The Morgan fingerprint density at radius 2 is 1.66 bits per heavy atom. The number of hydrogen-bond acceptors (Lipinski definition) is 4. The van der Waals surface area contributed by atoms with Crippen molar-refractivity contribution in [3.63, 3.8) is 0 Å². The molecule has 0 saturated carbocycles. The van der Waals surface area contributed by atoms with Crippen molar-refractivity contribution in [2.75, 3.05) is 6.61 Å². The normalized spacial score (nSPS) is 13.7. The first-order valence-corrected chi connectivity index (χ1v) is 11.8. The van der Waals surface area contributed by atoms with Crippen LogP contribution in [0.15, 0.2) is 42.5 Å². The highest BCUT2D eigenvalue weighted by molar-refractivity contribution is 5.87. The molecule has 0 saturated heterocycles. The molecule has 0 heterocycles. The van der Waals surface area contributed by atoms with Gasteiger partial charge >= 0.3 is 0 Å². The fourth-order valence-corrected chi connectivity index (χ4v) is 3.48. The van der Waals surface area contributed by atoms with Gasteiger partial charge in [-0.15, -0.1) is 0 Å². The predicted molar refractivity (Wildman–Crippen MR) is 127 cm³/mol. The smallest absolute Gasteiger partial charge is 0.243 e. The molecule has 0 spiro atoms. The predicted octanol–water partition coefficient (Wildman–Crippen LogP) is 3.97. The van der Waals surface area contributed by atoms with Crippen LogP contribution in [0.2, 0.25) is 0 Å². The van der Waals surface area contributed by atoms with Crippen molar-refractivity contribution in [1.29, 1.82) is 0 Å². The molecule has 0 bridgehead atoms. The maximum atomic E-state index is 13.2. The molecule has 0 radical (unpaired) electrons. The summed E-state index contributed by atoms with van der Waals surface area (Å²) < 4.78 is 44.9. The fraction of sp³-hybridized carbons (Fsp3) is 0.462. The Labute approximate surface area is 204 Å². The minimum absolute atomic E-state index is 0.0342. The van der Waals surface area contributed by atoms with Crippen LogP contribution in [-0.2, 0) is 27.5 Å². The highest BCUT2D eigenvalue weighted by Crippen LogP contribution is 2.12. The summed E-state index contributed by atoms with van der Waals surface area (Å²) in [6, 6.07) is 8.00. The van der Waals surface area contributed by atoms with Gasteiger partial charge in [-0.05, 0) is 54.2 Å². The average molecular weight is 494 g/mol. The Kier molecular flexibility index (Phi) is 11.7. The number of carbonyl (C=O) groups excluding carboxylic acids is 2. The Bertz CT molecular complexity index is 936. The van der Waals surface area contributed by atoms with Crippen molar-refractivity contribution in [1.82, 2.24) is 10.6 Å². The van der Waals surface area contributed by atoms with E-state index in [0.29, 0.717) is 24.8 Å². The third kappa shape index (κ3) is 10.5. The van der Waals surface area contributed by atoms with Gasteiger partial charge in [0.05, 0.1) is 13.2 Å². The molecule has 2 aromatic carbocycles. The summed E-state index contributed by atoms with van der Waals surface area (Å²) in [5.41, 5.74) is 7.15. The molecule has 192 valence electrons. The second kappa shape index (κ2) is 14.5. The lowest BCUT2D eigenvalue weighted by atomic mass is 9.97. The number of amides is 2. The van der Waals surface area contributed by atoms with E-state index in [4.69, 9.17) is 10.5 Å². The zero-order valence-corrected chi connectivity index (χ0v) is 20.2. The Balaban J connectivity index is 1.72. The second-order valence-electron chi connectivity index (χ2n) is 8.72. The van der Waals surface area contributed by atoms with Crippen molar-refractivity contribution in [2.45, 2.75) is 64.8 Å². The summed E-state index contributed by atoms with van der Waals surface area (Å²) in [5.74, 6) is -2.31. The minimum atomic E-state index is -0.684. The van der Waals surface area contributed by atoms with Gasteiger partial charge in [0.25, 0.3) is 0 Å². The van der Waals surface area contributed by atoms with Crippen LogP contribution in [0, 0.1) is 23.4 Å². The van der Waals surface area contributed by atoms with Crippen LogP contribution in [0.5, 0.6) is 0 Å². The molecular formula is C26H34F3N3O3. The number of nitrogens with two attached hydrogens (primary N) is 1. The molecule has 3 unspecified atom stereocenters. The van der Waals surface area contributed by atoms with E-state index in [-0.39, 0.29) is 55.8 Å². The van der Waals surface area contributed by atoms with E-state index in [1.165, 1.54) is 24.3 Å². The number of rotatable bonds is 14. The number of ether oxygens (including phenoxy) is 1. The summed E-state index contributed by atoms with van der Waals surface area (Å²) >= 11 is 0. The lowest BCUT2D eigenvalue weighted by Gasteiger charge is -2.24. The van der Waals surface area contributed by atoms with E-state index in [9.17, 15) is 22.8 Å². The second-order valence-corrected chi connectivity index (χ2v) is 8.72.